The molecule has 0 bridgehead atoms. The lowest BCUT2D eigenvalue weighted by atomic mass is 9.97. The van der Waals surface area contributed by atoms with Crippen molar-refractivity contribution >= 4 is 11.6 Å². The molecule has 0 aromatic heterocycles. The van der Waals surface area contributed by atoms with Crippen molar-refractivity contribution in [3.8, 4) is 0 Å². The van der Waals surface area contributed by atoms with Gasteiger partial charge in [0.2, 0.25) is 0 Å². The fourth-order valence-electron chi connectivity index (χ4n) is 2.08. The van der Waals surface area contributed by atoms with Gasteiger partial charge in [-0.05, 0) is 34.2 Å². The summed E-state index contributed by atoms with van der Waals surface area (Å²) >= 11 is 0. The first-order chi connectivity index (χ1) is 10.7. The van der Waals surface area contributed by atoms with Crippen molar-refractivity contribution in [3.05, 3.63) is 0 Å². The minimum absolute atomic E-state index is 0.0286. The molecule has 23 heavy (non-hydrogen) atoms. The molecule has 0 amide bonds. The molecule has 0 heterocycles. The molecule has 0 saturated carbocycles. The van der Waals surface area contributed by atoms with Gasteiger partial charge in [0.15, 0.2) is 11.6 Å². The maximum absolute atomic E-state index is 11.9. The molecule has 2 N–H and O–H groups in total. The van der Waals surface area contributed by atoms with Gasteiger partial charge in [-0.15, -0.1) is 0 Å². The zero-order chi connectivity index (χ0) is 17.9. The smallest absolute Gasteiger partial charge is 0.177 e. The van der Waals surface area contributed by atoms with E-state index in [-0.39, 0.29) is 18.2 Å². The summed E-state index contributed by atoms with van der Waals surface area (Å²) in [6.45, 7) is 14.0. The molecule has 136 valence electrons. The van der Waals surface area contributed by atoms with Crippen LogP contribution in [0, 0.1) is 0 Å². The number of rotatable bonds is 14. The molecule has 0 unspecified atom stereocenters. The van der Waals surface area contributed by atoms with Crippen LogP contribution < -0.4 is 10.6 Å². The lowest BCUT2D eigenvalue weighted by molar-refractivity contribution is -0.129. The average Bonchev–Trinajstić information content (AvgIpc) is 2.48. The Bertz CT molecular complexity index is 368. The summed E-state index contributed by atoms with van der Waals surface area (Å²) in [4.78, 5) is 23.6. The van der Waals surface area contributed by atoms with E-state index in [2.05, 4.69) is 10.6 Å². The molecule has 6 heteroatoms. The second kappa shape index (κ2) is 10.9. The maximum atomic E-state index is 11.9. The van der Waals surface area contributed by atoms with Crippen molar-refractivity contribution < 1.29 is 19.1 Å². The lowest BCUT2D eigenvalue weighted by Gasteiger charge is -2.24. The van der Waals surface area contributed by atoms with Gasteiger partial charge in [-0.1, -0.05) is 13.8 Å². The molecular weight excluding hydrogens is 296 g/mol. The molecule has 0 rings (SSSR count). The van der Waals surface area contributed by atoms with Gasteiger partial charge in [-0.2, -0.15) is 0 Å². The van der Waals surface area contributed by atoms with E-state index in [1.54, 1.807) is 0 Å². The Morgan fingerprint density at radius 3 is 1.96 bits per heavy atom. The van der Waals surface area contributed by atoms with Crippen LogP contribution in [0.5, 0.6) is 0 Å². The third-order valence-corrected chi connectivity index (χ3v) is 3.75. The Morgan fingerprint density at radius 1 is 0.826 bits per heavy atom. The first kappa shape index (κ1) is 22.2. The van der Waals surface area contributed by atoms with Crippen LogP contribution >= 0.6 is 0 Å². The Kier molecular flexibility index (Phi) is 10.5. The largest absolute Gasteiger partial charge is 0.378 e. The molecule has 0 fully saturated rings. The van der Waals surface area contributed by atoms with Crippen LogP contribution in [-0.4, -0.2) is 62.2 Å². The number of likely N-dealkylation sites (N-methyl/N-ethyl adjacent to an activating group) is 1. The van der Waals surface area contributed by atoms with E-state index < -0.39 is 11.1 Å². The van der Waals surface area contributed by atoms with Crippen molar-refractivity contribution in [3.63, 3.8) is 0 Å². The maximum Gasteiger partial charge on any atom is 0.177 e. The predicted molar refractivity (Wildman–Crippen MR) is 91.8 cm³/mol. The van der Waals surface area contributed by atoms with E-state index in [9.17, 15) is 9.59 Å². The topological polar surface area (TPSA) is 76.7 Å². The normalized spacial score (nSPS) is 12.4. The number of ether oxygens (including phenoxy) is 2. The number of carbonyl (C=O) groups is 2. The van der Waals surface area contributed by atoms with Crippen molar-refractivity contribution in [1.29, 1.82) is 0 Å². The first-order valence-corrected chi connectivity index (χ1v) is 8.39. The summed E-state index contributed by atoms with van der Waals surface area (Å²) in [5, 5.41) is 6.30. The van der Waals surface area contributed by atoms with E-state index in [1.807, 2.05) is 41.5 Å². The van der Waals surface area contributed by atoms with Gasteiger partial charge in [0.1, 0.15) is 6.61 Å². The molecule has 0 saturated heterocycles. The molecule has 0 aromatic rings. The van der Waals surface area contributed by atoms with Crippen LogP contribution in [0.1, 0.15) is 48.0 Å². The van der Waals surface area contributed by atoms with Gasteiger partial charge in [0.25, 0.3) is 0 Å². The fourth-order valence-corrected chi connectivity index (χ4v) is 2.08. The quantitative estimate of drug-likeness (QED) is 0.468. The zero-order valence-corrected chi connectivity index (χ0v) is 15.6. The highest BCUT2D eigenvalue weighted by Crippen LogP contribution is 2.06. The van der Waals surface area contributed by atoms with Crippen molar-refractivity contribution in [2.24, 2.45) is 0 Å². The molecule has 0 aromatic carbocycles. The highest BCUT2D eigenvalue weighted by atomic mass is 16.5. The standard InChI is InChI=1S/C17H34N2O4/c1-7-14(20)16(3,4)19-9-10-22-11-12-23-13-15(21)17(5,6)18-8-2/h18-19H,7-13H2,1-6H3. The van der Waals surface area contributed by atoms with Crippen molar-refractivity contribution in [2.45, 2.75) is 59.0 Å². The van der Waals surface area contributed by atoms with E-state index in [4.69, 9.17) is 9.47 Å². The number of Topliss-reactive ketones (excluding diaryl/α,β-unsaturated/α-hetero) is 2. The Hall–Kier alpha value is -0.820. The average molecular weight is 330 g/mol. The van der Waals surface area contributed by atoms with E-state index in [0.29, 0.717) is 32.8 Å². The third-order valence-electron chi connectivity index (χ3n) is 3.75. The van der Waals surface area contributed by atoms with Gasteiger partial charge in [0, 0.05) is 13.0 Å². The van der Waals surface area contributed by atoms with Crippen LogP contribution in [0.25, 0.3) is 0 Å². The summed E-state index contributed by atoms with van der Waals surface area (Å²) in [7, 11) is 0. The van der Waals surface area contributed by atoms with Gasteiger partial charge in [-0.3, -0.25) is 9.59 Å². The predicted octanol–water partition coefficient (Wildman–Crippen LogP) is 1.32. The lowest BCUT2D eigenvalue weighted by Crippen LogP contribution is -2.48. The zero-order valence-electron chi connectivity index (χ0n) is 15.6. The Morgan fingerprint density at radius 2 is 1.39 bits per heavy atom. The minimum atomic E-state index is -0.559. The van der Waals surface area contributed by atoms with Crippen LogP contribution in [0.4, 0.5) is 0 Å². The van der Waals surface area contributed by atoms with Crippen LogP contribution in [0.3, 0.4) is 0 Å². The Balaban J connectivity index is 3.68. The number of nitrogens with one attached hydrogen (secondary N) is 2. The molecule has 0 atom stereocenters. The van der Waals surface area contributed by atoms with E-state index >= 15 is 0 Å². The van der Waals surface area contributed by atoms with Gasteiger partial charge in [-0.25, -0.2) is 0 Å². The summed E-state index contributed by atoms with van der Waals surface area (Å²) in [5.74, 6) is 0.212. The van der Waals surface area contributed by atoms with E-state index in [0.717, 1.165) is 6.54 Å². The fraction of sp³-hybridized carbons (Fsp3) is 0.882. The summed E-state index contributed by atoms with van der Waals surface area (Å²) in [6, 6.07) is 0. The number of carbonyl (C=O) groups excluding carboxylic acids is 2. The van der Waals surface area contributed by atoms with Gasteiger partial charge < -0.3 is 20.1 Å². The molecule has 0 aliphatic heterocycles. The molecule has 6 nitrogen and oxygen atoms in total. The van der Waals surface area contributed by atoms with Crippen molar-refractivity contribution in [1.82, 2.24) is 10.6 Å². The Labute approximate surface area is 140 Å². The number of ketones is 2. The summed E-state index contributed by atoms with van der Waals surface area (Å²) in [5.41, 5.74) is -1.07. The van der Waals surface area contributed by atoms with Crippen LogP contribution in [0.15, 0.2) is 0 Å². The van der Waals surface area contributed by atoms with Crippen LogP contribution in [0.2, 0.25) is 0 Å². The number of hydrogen-bond donors (Lipinski definition) is 2. The molecular formula is C17H34N2O4. The highest BCUT2D eigenvalue weighted by molar-refractivity contribution is 5.88. The second-order valence-corrected chi connectivity index (χ2v) is 6.57. The molecule has 0 radical (unpaired) electrons. The third kappa shape index (κ3) is 9.15. The molecule has 0 aliphatic carbocycles. The first-order valence-electron chi connectivity index (χ1n) is 8.39. The van der Waals surface area contributed by atoms with Crippen LogP contribution in [-0.2, 0) is 19.1 Å². The second-order valence-electron chi connectivity index (χ2n) is 6.57. The molecule has 0 aliphatic rings. The summed E-state index contributed by atoms with van der Waals surface area (Å²) < 4.78 is 10.8. The molecule has 0 spiro atoms. The SMILES string of the molecule is CCNC(C)(C)C(=O)COCCOCCNC(C)(C)C(=O)CC. The summed E-state index contributed by atoms with van der Waals surface area (Å²) in [6.07, 6.45) is 0.520. The van der Waals surface area contributed by atoms with Gasteiger partial charge in [0.05, 0.1) is 30.9 Å². The highest BCUT2D eigenvalue weighted by Gasteiger charge is 2.26. The van der Waals surface area contributed by atoms with E-state index in [1.165, 1.54) is 0 Å². The monoisotopic (exact) mass is 330 g/mol. The number of hydrogen-bond acceptors (Lipinski definition) is 6. The van der Waals surface area contributed by atoms with Gasteiger partial charge >= 0.3 is 0 Å². The minimum Gasteiger partial charge on any atom is -0.378 e. The van der Waals surface area contributed by atoms with Crippen molar-refractivity contribution in [2.75, 3.05) is 39.5 Å².